The Hall–Kier alpha value is -2.34. The topological polar surface area (TPSA) is 80.3 Å². The third-order valence-corrected chi connectivity index (χ3v) is 2.42. The zero-order chi connectivity index (χ0) is 16.2. The maximum atomic E-state index is 9.97. The van der Waals surface area contributed by atoms with Gasteiger partial charge in [-0.05, 0) is 23.3 Å². The van der Waals surface area contributed by atoms with Gasteiger partial charge < -0.3 is 19.8 Å². The van der Waals surface area contributed by atoms with Crippen LogP contribution >= 0.6 is 0 Å². The molecular weight excluding hydrogens is 399 g/mol. The molecule has 0 atom stereocenters. The van der Waals surface area contributed by atoms with Gasteiger partial charge in [-0.15, -0.1) is 0 Å². The number of carboxylic acid groups (broad SMARTS) is 2. The van der Waals surface area contributed by atoms with E-state index in [1.54, 1.807) is 0 Å². The molecule has 4 nitrogen and oxygen atoms in total. The number of carbonyl (C=O) groups is 2. The Bertz CT molecular complexity index is 590. The molecule has 0 heterocycles. The van der Waals surface area contributed by atoms with Crippen LogP contribution in [0.4, 0.5) is 0 Å². The summed E-state index contributed by atoms with van der Waals surface area (Å²) in [7, 11) is 0. The van der Waals surface area contributed by atoms with E-state index < -0.39 is 11.9 Å². The standard InChI is InChI=1S/2C9H8O2.Sn.2H/c2*10-9(11)7-6-8-4-2-1-3-5-8;;;/h2*1-7H,(H,10,11);;;/q;;+2;;/p-2/b2*7-6+;;;. The molecule has 0 bridgehead atoms. The van der Waals surface area contributed by atoms with Crippen LogP contribution in [0.3, 0.4) is 0 Å². The minimum atomic E-state index is -1.17. The first kappa shape index (κ1) is 20.7. The first-order valence-corrected chi connectivity index (χ1v) is 6.46. The summed E-state index contributed by atoms with van der Waals surface area (Å²) in [6.07, 6.45) is 5.01. The summed E-state index contributed by atoms with van der Waals surface area (Å²) < 4.78 is 0. The number of benzene rings is 2. The SMILES string of the molecule is O=C([O-])/C=C/c1ccccc1.O=C([O-])/C=C/c1ccccc1.[SnH2+2]. The van der Waals surface area contributed by atoms with Crippen LogP contribution in [0.5, 0.6) is 0 Å². The number of hydrogen-bond donors (Lipinski definition) is 0. The van der Waals surface area contributed by atoms with Crippen LogP contribution in [0.2, 0.25) is 0 Å². The van der Waals surface area contributed by atoms with E-state index in [1.165, 1.54) is 12.2 Å². The zero-order valence-electron chi connectivity index (χ0n) is 12.4. The van der Waals surface area contributed by atoms with Crippen molar-refractivity contribution in [2.45, 2.75) is 0 Å². The molecule has 0 fully saturated rings. The predicted octanol–water partition coefficient (Wildman–Crippen LogP) is -0.0168. The van der Waals surface area contributed by atoms with Crippen LogP contribution in [0, 0.1) is 0 Å². The Labute approximate surface area is 151 Å². The van der Waals surface area contributed by atoms with Crippen molar-refractivity contribution in [1.82, 2.24) is 0 Å². The molecule has 23 heavy (non-hydrogen) atoms. The molecule has 2 aromatic carbocycles. The number of carbonyl (C=O) groups excluding carboxylic acids is 2. The van der Waals surface area contributed by atoms with E-state index in [2.05, 4.69) is 0 Å². The Balaban J connectivity index is 0.000000403. The second kappa shape index (κ2) is 12.2. The molecule has 5 heteroatoms. The molecule has 0 saturated carbocycles. The van der Waals surface area contributed by atoms with E-state index >= 15 is 0 Å². The van der Waals surface area contributed by atoms with E-state index in [4.69, 9.17) is 0 Å². The van der Waals surface area contributed by atoms with Gasteiger partial charge in [0.2, 0.25) is 0 Å². The second-order valence-corrected chi connectivity index (χ2v) is 4.13. The van der Waals surface area contributed by atoms with E-state index in [0.717, 1.165) is 23.3 Å². The number of aliphatic carboxylic acids is 2. The third kappa shape index (κ3) is 11.0. The Morgan fingerprint density at radius 2 is 0.957 bits per heavy atom. The summed E-state index contributed by atoms with van der Waals surface area (Å²) in [5.74, 6) is -2.34. The van der Waals surface area contributed by atoms with Crippen LogP contribution in [-0.4, -0.2) is 35.8 Å². The normalized spacial score (nSPS) is 9.74. The van der Waals surface area contributed by atoms with Gasteiger partial charge in [0.25, 0.3) is 0 Å². The summed E-state index contributed by atoms with van der Waals surface area (Å²) in [6, 6.07) is 18.4. The van der Waals surface area contributed by atoms with Gasteiger partial charge in [-0.3, -0.25) is 0 Å². The van der Waals surface area contributed by atoms with Crippen molar-refractivity contribution >= 4 is 48.0 Å². The van der Waals surface area contributed by atoms with Crippen molar-refractivity contribution in [2.75, 3.05) is 0 Å². The number of rotatable bonds is 4. The van der Waals surface area contributed by atoms with Gasteiger partial charge in [-0.2, -0.15) is 0 Å². The molecule has 2 rings (SSSR count). The fraction of sp³-hybridized carbons (Fsp3) is 0. The van der Waals surface area contributed by atoms with E-state index in [1.807, 2.05) is 60.7 Å². The molecule has 0 aliphatic carbocycles. The molecule has 2 aromatic rings. The molecule has 0 N–H and O–H groups in total. The van der Waals surface area contributed by atoms with Crippen LogP contribution in [0.25, 0.3) is 12.2 Å². The quantitative estimate of drug-likeness (QED) is 0.520. The molecule has 0 aliphatic rings. The zero-order valence-corrected chi connectivity index (χ0v) is 16.5. The summed E-state index contributed by atoms with van der Waals surface area (Å²) >= 11 is 0. The molecule has 116 valence electrons. The molecule has 0 aromatic heterocycles. The van der Waals surface area contributed by atoms with E-state index in [-0.39, 0.29) is 23.9 Å². The average Bonchev–Trinajstić information content (AvgIpc) is 2.53. The maximum absolute atomic E-state index is 9.97. The summed E-state index contributed by atoms with van der Waals surface area (Å²) in [4.78, 5) is 19.9. The second-order valence-electron chi connectivity index (χ2n) is 4.13. The van der Waals surface area contributed by atoms with Crippen LogP contribution in [0.15, 0.2) is 72.8 Å². The predicted molar refractivity (Wildman–Crippen MR) is 89.5 cm³/mol. The molecule has 0 amide bonds. The van der Waals surface area contributed by atoms with E-state index in [0.29, 0.717) is 0 Å². The molecule has 0 unspecified atom stereocenters. The van der Waals surface area contributed by atoms with Crippen molar-refractivity contribution < 1.29 is 19.8 Å². The third-order valence-electron chi connectivity index (χ3n) is 2.42. The van der Waals surface area contributed by atoms with Gasteiger partial charge in [0.05, 0.1) is 11.9 Å². The summed E-state index contributed by atoms with van der Waals surface area (Å²) in [5, 5.41) is 19.9. The van der Waals surface area contributed by atoms with Gasteiger partial charge >= 0.3 is 23.9 Å². The first-order chi connectivity index (χ1) is 10.6. The Morgan fingerprint density at radius 3 is 1.22 bits per heavy atom. The summed E-state index contributed by atoms with van der Waals surface area (Å²) in [6.45, 7) is 0. The average molecular weight is 415 g/mol. The van der Waals surface area contributed by atoms with Crippen LogP contribution in [-0.2, 0) is 9.59 Å². The van der Waals surface area contributed by atoms with Crippen LogP contribution < -0.4 is 10.2 Å². The van der Waals surface area contributed by atoms with Crippen molar-refractivity contribution in [2.24, 2.45) is 0 Å². The minimum absolute atomic E-state index is 0. The fourth-order valence-corrected chi connectivity index (χ4v) is 1.46. The van der Waals surface area contributed by atoms with Gasteiger partial charge in [0.1, 0.15) is 0 Å². The summed E-state index contributed by atoms with van der Waals surface area (Å²) in [5.41, 5.74) is 1.72. The van der Waals surface area contributed by atoms with Crippen molar-refractivity contribution in [3.05, 3.63) is 83.9 Å². The van der Waals surface area contributed by atoms with Crippen molar-refractivity contribution in [3.63, 3.8) is 0 Å². The fourth-order valence-electron chi connectivity index (χ4n) is 1.46. The number of hydrogen-bond acceptors (Lipinski definition) is 4. The first-order valence-electron chi connectivity index (χ1n) is 6.46. The van der Waals surface area contributed by atoms with Gasteiger partial charge in [0, 0.05) is 0 Å². The van der Waals surface area contributed by atoms with Crippen molar-refractivity contribution in [3.8, 4) is 0 Å². The Morgan fingerprint density at radius 1 is 0.652 bits per heavy atom. The molecule has 0 saturated heterocycles. The molecule has 0 radical (unpaired) electrons. The molecule has 0 aliphatic heterocycles. The van der Waals surface area contributed by atoms with Crippen LogP contribution in [0.1, 0.15) is 11.1 Å². The monoisotopic (exact) mass is 416 g/mol. The van der Waals surface area contributed by atoms with Gasteiger partial charge in [0.15, 0.2) is 0 Å². The van der Waals surface area contributed by atoms with Gasteiger partial charge in [-0.1, -0.05) is 72.8 Å². The molecule has 0 spiro atoms. The number of carboxylic acids is 2. The van der Waals surface area contributed by atoms with Crippen molar-refractivity contribution in [1.29, 1.82) is 0 Å². The Kier molecular flexibility index (Phi) is 11.0. The van der Waals surface area contributed by atoms with E-state index in [9.17, 15) is 19.8 Å². The van der Waals surface area contributed by atoms with Gasteiger partial charge in [-0.25, -0.2) is 0 Å². The molecular formula is C18H16O4Sn.